The van der Waals surface area contributed by atoms with Crippen LogP contribution in [0.25, 0.3) is 0 Å². The Balaban J connectivity index is 1.69. The van der Waals surface area contributed by atoms with Gasteiger partial charge in [0.25, 0.3) is 0 Å². The Labute approximate surface area is 134 Å². The van der Waals surface area contributed by atoms with E-state index in [2.05, 4.69) is 20.5 Å². The fourth-order valence-corrected chi connectivity index (χ4v) is 3.90. The minimum Gasteiger partial charge on any atom is -0.351 e. The molecule has 0 atom stereocenters. The number of aromatic nitrogens is 2. The van der Waals surface area contributed by atoms with Gasteiger partial charge in [0.1, 0.15) is 5.82 Å². The van der Waals surface area contributed by atoms with Crippen LogP contribution in [0.15, 0.2) is 18.3 Å². The molecule has 4 nitrogen and oxygen atoms in total. The van der Waals surface area contributed by atoms with Gasteiger partial charge < -0.3 is 9.47 Å². The third-order valence-corrected chi connectivity index (χ3v) is 5.09. The molecule has 0 saturated heterocycles. The minimum atomic E-state index is 0.474. The molecule has 0 bridgehead atoms. The Kier molecular flexibility index (Phi) is 3.41. The molecule has 5 heteroatoms. The van der Waals surface area contributed by atoms with E-state index in [1.165, 1.54) is 36.2 Å². The Hall–Kier alpha value is -1.81. The molecule has 0 spiro atoms. The molecule has 22 heavy (non-hydrogen) atoms. The first-order valence-corrected chi connectivity index (χ1v) is 8.20. The van der Waals surface area contributed by atoms with Crippen LogP contribution in [0.1, 0.15) is 40.2 Å². The SMILES string of the molecule is O=Cc1c(Cl)ccnc1N1CCc2c(cc3n2CCCC3)C1. The van der Waals surface area contributed by atoms with Gasteiger partial charge in [0, 0.05) is 43.6 Å². The number of hydrogen-bond donors (Lipinski definition) is 0. The van der Waals surface area contributed by atoms with Gasteiger partial charge in [-0.15, -0.1) is 0 Å². The molecule has 0 N–H and O–H groups in total. The number of aryl methyl sites for hydroxylation is 1. The fraction of sp³-hybridized carbons (Fsp3) is 0.412. The average molecular weight is 316 g/mol. The van der Waals surface area contributed by atoms with Crippen LogP contribution in [0, 0.1) is 0 Å². The van der Waals surface area contributed by atoms with E-state index in [1.54, 1.807) is 12.3 Å². The van der Waals surface area contributed by atoms with Crippen molar-refractivity contribution in [1.29, 1.82) is 0 Å². The lowest BCUT2D eigenvalue weighted by atomic mass is 10.1. The topological polar surface area (TPSA) is 38.1 Å². The van der Waals surface area contributed by atoms with E-state index in [1.807, 2.05) is 0 Å². The molecule has 2 aliphatic rings. The predicted molar refractivity (Wildman–Crippen MR) is 86.8 cm³/mol. The third kappa shape index (κ3) is 2.13. The van der Waals surface area contributed by atoms with E-state index >= 15 is 0 Å². The number of anilines is 1. The Morgan fingerprint density at radius 3 is 3.00 bits per heavy atom. The van der Waals surface area contributed by atoms with E-state index < -0.39 is 0 Å². The maximum Gasteiger partial charge on any atom is 0.155 e. The number of carbonyl (C=O) groups excluding carboxylic acids is 1. The van der Waals surface area contributed by atoms with E-state index in [-0.39, 0.29) is 0 Å². The number of hydrogen-bond acceptors (Lipinski definition) is 3. The summed E-state index contributed by atoms with van der Waals surface area (Å²) in [5.74, 6) is 0.706. The summed E-state index contributed by atoms with van der Waals surface area (Å²) in [5, 5.41) is 0.474. The Morgan fingerprint density at radius 1 is 1.23 bits per heavy atom. The molecule has 0 fully saturated rings. The van der Waals surface area contributed by atoms with E-state index in [4.69, 9.17) is 11.6 Å². The maximum absolute atomic E-state index is 11.3. The van der Waals surface area contributed by atoms with Crippen LogP contribution in [0.5, 0.6) is 0 Å². The van der Waals surface area contributed by atoms with Crippen LogP contribution in [0.3, 0.4) is 0 Å². The largest absolute Gasteiger partial charge is 0.351 e. The van der Waals surface area contributed by atoms with Crippen molar-refractivity contribution in [2.75, 3.05) is 11.4 Å². The molecule has 0 amide bonds. The van der Waals surface area contributed by atoms with Crippen LogP contribution >= 0.6 is 11.6 Å². The molecular formula is C17H18ClN3O. The van der Waals surface area contributed by atoms with Gasteiger partial charge >= 0.3 is 0 Å². The highest BCUT2D eigenvalue weighted by atomic mass is 35.5. The molecule has 0 aromatic carbocycles. The van der Waals surface area contributed by atoms with Crippen LogP contribution in [0.4, 0.5) is 5.82 Å². The van der Waals surface area contributed by atoms with Gasteiger partial charge in [-0.1, -0.05) is 11.6 Å². The zero-order valence-corrected chi connectivity index (χ0v) is 13.1. The molecule has 4 rings (SSSR count). The highest BCUT2D eigenvalue weighted by Crippen LogP contribution is 2.31. The van der Waals surface area contributed by atoms with Crippen LogP contribution in [0.2, 0.25) is 5.02 Å². The summed E-state index contributed by atoms with van der Waals surface area (Å²) in [6.45, 7) is 2.84. The average Bonchev–Trinajstić information content (AvgIpc) is 2.92. The molecule has 4 heterocycles. The van der Waals surface area contributed by atoms with E-state index in [9.17, 15) is 4.79 Å². The van der Waals surface area contributed by atoms with Crippen molar-refractivity contribution in [3.8, 4) is 0 Å². The number of rotatable bonds is 2. The number of pyridine rings is 1. The minimum absolute atomic E-state index is 0.474. The van der Waals surface area contributed by atoms with Gasteiger partial charge in [-0.05, 0) is 37.0 Å². The van der Waals surface area contributed by atoms with Crippen molar-refractivity contribution in [1.82, 2.24) is 9.55 Å². The number of aldehydes is 1. The highest BCUT2D eigenvalue weighted by molar-refractivity contribution is 6.33. The molecule has 2 aliphatic heterocycles. The monoisotopic (exact) mass is 315 g/mol. The lowest BCUT2D eigenvalue weighted by Gasteiger charge is -2.30. The molecule has 0 saturated carbocycles. The first-order valence-electron chi connectivity index (χ1n) is 7.82. The van der Waals surface area contributed by atoms with Crippen LogP contribution < -0.4 is 4.90 Å². The second-order valence-corrected chi connectivity index (χ2v) is 6.44. The first kappa shape index (κ1) is 13.8. The summed E-state index contributed by atoms with van der Waals surface area (Å²) in [6.07, 6.45) is 7.24. The molecule has 114 valence electrons. The van der Waals surface area contributed by atoms with Gasteiger partial charge in [-0.2, -0.15) is 0 Å². The molecule has 0 aliphatic carbocycles. The van der Waals surface area contributed by atoms with Crippen molar-refractivity contribution < 1.29 is 4.79 Å². The lowest BCUT2D eigenvalue weighted by Crippen LogP contribution is -2.32. The second-order valence-electron chi connectivity index (χ2n) is 6.04. The van der Waals surface area contributed by atoms with E-state index in [0.29, 0.717) is 16.4 Å². The standard InChI is InChI=1S/C17H18ClN3O/c18-15-4-6-19-17(14(15)11-22)20-8-5-16-12(10-20)9-13-3-1-2-7-21(13)16/h4,6,9,11H,1-3,5,7-8,10H2. The van der Waals surface area contributed by atoms with Crippen molar-refractivity contribution in [2.24, 2.45) is 0 Å². The van der Waals surface area contributed by atoms with Crippen LogP contribution in [-0.4, -0.2) is 22.4 Å². The summed E-state index contributed by atoms with van der Waals surface area (Å²) in [4.78, 5) is 17.9. The van der Waals surface area contributed by atoms with E-state index in [0.717, 1.165) is 32.3 Å². The third-order valence-electron chi connectivity index (χ3n) is 4.76. The van der Waals surface area contributed by atoms with Gasteiger partial charge in [0.15, 0.2) is 6.29 Å². The maximum atomic E-state index is 11.3. The number of nitrogens with zero attached hydrogens (tertiary/aromatic N) is 3. The number of fused-ring (bicyclic) bond motifs is 3. The van der Waals surface area contributed by atoms with Gasteiger partial charge in [0.2, 0.25) is 0 Å². The Morgan fingerprint density at radius 2 is 2.14 bits per heavy atom. The smallest absolute Gasteiger partial charge is 0.155 e. The zero-order chi connectivity index (χ0) is 15.1. The number of halogens is 1. The summed E-state index contributed by atoms with van der Waals surface area (Å²) < 4.78 is 2.50. The molecular weight excluding hydrogens is 298 g/mol. The quantitative estimate of drug-likeness (QED) is 0.798. The first-order chi connectivity index (χ1) is 10.8. The second kappa shape index (κ2) is 5.43. The van der Waals surface area contributed by atoms with Crippen LogP contribution in [-0.2, 0) is 25.9 Å². The van der Waals surface area contributed by atoms with Gasteiger partial charge in [-0.25, -0.2) is 4.98 Å². The van der Waals surface area contributed by atoms with Crippen molar-refractivity contribution in [3.05, 3.63) is 45.9 Å². The zero-order valence-electron chi connectivity index (χ0n) is 12.4. The van der Waals surface area contributed by atoms with Crippen molar-refractivity contribution in [3.63, 3.8) is 0 Å². The summed E-state index contributed by atoms with van der Waals surface area (Å²) >= 11 is 6.13. The van der Waals surface area contributed by atoms with Crippen molar-refractivity contribution >= 4 is 23.7 Å². The van der Waals surface area contributed by atoms with Gasteiger partial charge in [-0.3, -0.25) is 4.79 Å². The van der Waals surface area contributed by atoms with Gasteiger partial charge in [0.05, 0.1) is 10.6 Å². The lowest BCUT2D eigenvalue weighted by molar-refractivity contribution is 0.112. The molecule has 0 unspecified atom stereocenters. The summed E-state index contributed by atoms with van der Waals surface area (Å²) in [6, 6.07) is 4.01. The fourth-order valence-electron chi connectivity index (χ4n) is 3.71. The predicted octanol–water partition coefficient (Wildman–Crippen LogP) is 3.25. The highest BCUT2D eigenvalue weighted by Gasteiger charge is 2.25. The summed E-state index contributed by atoms with van der Waals surface area (Å²) in [7, 11) is 0. The molecule has 0 radical (unpaired) electrons. The number of carbonyl (C=O) groups is 1. The normalized spacial score (nSPS) is 17.0. The van der Waals surface area contributed by atoms with Crippen molar-refractivity contribution in [2.45, 2.75) is 38.8 Å². The Bertz CT molecular complexity index is 738. The summed E-state index contributed by atoms with van der Waals surface area (Å²) in [5.41, 5.74) is 4.81. The molecule has 2 aromatic heterocycles. The molecule has 2 aromatic rings.